The molecule has 0 spiro atoms. The largest absolute Gasteiger partial charge is 0.477 e. The van der Waals surface area contributed by atoms with Crippen molar-refractivity contribution in [2.24, 2.45) is 0 Å². The first kappa shape index (κ1) is 10.7. The van der Waals surface area contributed by atoms with Crippen molar-refractivity contribution in [2.45, 2.75) is 6.92 Å². The molecular weight excluding hydrogens is 228 g/mol. The molecule has 2 rings (SSSR count). The second kappa shape index (κ2) is 3.98. The van der Waals surface area contributed by atoms with E-state index in [0.29, 0.717) is 10.6 Å². The highest BCUT2D eigenvalue weighted by atomic mass is 35.5. The summed E-state index contributed by atoms with van der Waals surface area (Å²) in [4.78, 5) is 10.9. The Kier molecular flexibility index (Phi) is 2.66. The minimum Gasteiger partial charge on any atom is -0.477 e. The van der Waals surface area contributed by atoms with Crippen LogP contribution in [0.15, 0.2) is 24.4 Å². The fourth-order valence-electron chi connectivity index (χ4n) is 1.48. The number of nitrogens with one attached hydrogen (secondary N) is 1. The Bertz CT molecular complexity index is 549. The maximum atomic E-state index is 10.9. The number of aromatic nitrogens is 2. The molecule has 1 aromatic carbocycles. The SMILES string of the molecule is Cc1cc(-c2cn[nH]c2C(=O)O)ccc1Cl. The summed E-state index contributed by atoms with van der Waals surface area (Å²) in [6.45, 7) is 1.87. The van der Waals surface area contributed by atoms with Gasteiger partial charge < -0.3 is 5.11 Å². The molecule has 0 bridgehead atoms. The highest BCUT2D eigenvalue weighted by molar-refractivity contribution is 6.31. The van der Waals surface area contributed by atoms with Crippen molar-refractivity contribution in [3.63, 3.8) is 0 Å². The Balaban J connectivity index is 2.54. The number of aromatic amines is 1. The monoisotopic (exact) mass is 236 g/mol. The van der Waals surface area contributed by atoms with E-state index in [2.05, 4.69) is 10.2 Å². The van der Waals surface area contributed by atoms with Gasteiger partial charge in [-0.05, 0) is 30.2 Å². The third kappa shape index (κ3) is 1.79. The second-order valence-electron chi connectivity index (χ2n) is 3.43. The lowest BCUT2D eigenvalue weighted by Crippen LogP contribution is -1.98. The molecule has 0 radical (unpaired) electrons. The highest BCUT2D eigenvalue weighted by Gasteiger charge is 2.14. The summed E-state index contributed by atoms with van der Waals surface area (Å²) < 4.78 is 0. The van der Waals surface area contributed by atoms with Gasteiger partial charge in [-0.3, -0.25) is 5.10 Å². The van der Waals surface area contributed by atoms with Crippen molar-refractivity contribution in [3.8, 4) is 11.1 Å². The van der Waals surface area contributed by atoms with Crippen LogP contribution in [-0.4, -0.2) is 21.3 Å². The number of benzene rings is 1. The van der Waals surface area contributed by atoms with Gasteiger partial charge in [-0.25, -0.2) is 4.79 Å². The van der Waals surface area contributed by atoms with Crippen molar-refractivity contribution in [1.82, 2.24) is 10.2 Å². The van der Waals surface area contributed by atoms with E-state index in [-0.39, 0.29) is 5.69 Å². The van der Waals surface area contributed by atoms with Crippen LogP contribution in [0.2, 0.25) is 5.02 Å². The number of aryl methyl sites for hydroxylation is 1. The molecule has 0 aliphatic heterocycles. The number of carboxylic acids is 1. The minimum absolute atomic E-state index is 0.0849. The normalized spacial score (nSPS) is 10.4. The zero-order valence-corrected chi connectivity index (χ0v) is 9.25. The van der Waals surface area contributed by atoms with Crippen molar-refractivity contribution in [2.75, 3.05) is 0 Å². The lowest BCUT2D eigenvalue weighted by atomic mass is 10.0. The predicted molar refractivity (Wildman–Crippen MR) is 60.7 cm³/mol. The van der Waals surface area contributed by atoms with Crippen LogP contribution >= 0.6 is 11.6 Å². The van der Waals surface area contributed by atoms with Crippen LogP contribution in [0.5, 0.6) is 0 Å². The van der Waals surface area contributed by atoms with Crippen LogP contribution in [0.3, 0.4) is 0 Å². The van der Waals surface area contributed by atoms with Crippen molar-refractivity contribution in [1.29, 1.82) is 0 Å². The number of rotatable bonds is 2. The van der Waals surface area contributed by atoms with E-state index in [0.717, 1.165) is 11.1 Å². The number of hydrogen-bond acceptors (Lipinski definition) is 2. The topological polar surface area (TPSA) is 66.0 Å². The predicted octanol–water partition coefficient (Wildman–Crippen LogP) is 2.74. The molecule has 0 fully saturated rings. The maximum Gasteiger partial charge on any atom is 0.354 e. The van der Waals surface area contributed by atoms with Gasteiger partial charge in [-0.2, -0.15) is 5.10 Å². The first-order valence-electron chi connectivity index (χ1n) is 4.63. The summed E-state index contributed by atoms with van der Waals surface area (Å²) in [5.74, 6) is -1.03. The third-order valence-electron chi connectivity index (χ3n) is 2.32. The number of carbonyl (C=O) groups is 1. The Morgan fingerprint density at radius 3 is 2.88 bits per heavy atom. The van der Waals surface area contributed by atoms with Crippen LogP contribution < -0.4 is 0 Å². The average Bonchev–Trinajstić information content (AvgIpc) is 2.71. The highest BCUT2D eigenvalue weighted by Crippen LogP contribution is 2.26. The van der Waals surface area contributed by atoms with E-state index in [1.54, 1.807) is 12.1 Å². The van der Waals surface area contributed by atoms with Crippen LogP contribution in [0.1, 0.15) is 16.1 Å². The number of H-pyrrole nitrogens is 1. The molecule has 0 saturated heterocycles. The first-order valence-corrected chi connectivity index (χ1v) is 5.00. The number of nitrogens with zero attached hydrogens (tertiary/aromatic N) is 1. The molecule has 5 heteroatoms. The Morgan fingerprint density at radius 1 is 1.50 bits per heavy atom. The fraction of sp³-hybridized carbons (Fsp3) is 0.0909. The molecule has 0 atom stereocenters. The molecular formula is C11H9ClN2O2. The Morgan fingerprint density at radius 2 is 2.25 bits per heavy atom. The van der Waals surface area contributed by atoms with Crippen molar-refractivity contribution >= 4 is 17.6 Å². The van der Waals surface area contributed by atoms with Crippen LogP contribution in [0.25, 0.3) is 11.1 Å². The molecule has 82 valence electrons. The van der Waals surface area contributed by atoms with Crippen molar-refractivity contribution < 1.29 is 9.90 Å². The molecule has 16 heavy (non-hydrogen) atoms. The van der Waals surface area contributed by atoms with Crippen molar-refractivity contribution in [3.05, 3.63) is 40.7 Å². The lowest BCUT2D eigenvalue weighted by Gasteiger charge is -2.02. The molecule has 0 saturated carbocycles. The standard InChI is InChI=1S/C11H9ClN2O2/c1-6-4-7(2-3-9(6)12)8-5-13-14-10(8)11(15)16/h2-5H,1H3,(H,13,14)(H,15,16). The van der Waals surface area contributed by atoms with Gasteiger partial charge in [0.15, 0.2) is 5.69 Å². The van der Waals surface area contributed by atoms with Crippen LogP contribution in [-0.2, 0) is 0 Å². The van der Waals surface area contributed by atoms with Gasteiger partial charge in [0.1, 0.15) is 0 Å². The Hall–Kier alpha value is -1.81. The van der Waals surface area contributed by atoms with Gasteiger partial charge >= 0.3 is 5.97 Å². The van der Waals surface area contributed by atoms with Gasteiger partial charge in [-0.1, -0.05) is 17.7 Å². The maximum absolute atomic E-state index is 10.9. The van der Waals surface area contributed by atoms with Gasteiger partial charge in [0.05, 0.1) is 6.20 Å². The average molecular weight is 237 g/mol. The van der Waals surface area contributed by atoms with Gasteiger partial charge in [0.2, 0.25) is 0 Å². The smallest absolute Gasteiger partial charge is 0.354 e. The van der Waals surface area contributed by atoms with E-state index < -0.39 is 5.97 Å². The van der Waals surface area contributed by atoms with Gasteiger partial charge in [-0.15, -0.1) is 0 Å². The van der Waals surface area contributed by atoms with Crippen LogP contribution in [0, 0.1) is 6.92 Å². The van der Waals surface area contributed by atoms with E-state index >= 15 is 0 Å². The van der Waals surface area contributed by atoms with E-state index in [9.17, 15) is 4.79 Å². The molecule has 0 unspecified atom stereocenters. The summed E-state index contributed by atoms with van der Waals surface area (Å²) in [6, 6.07) is 5.34. The minimum atomic E-state index is -1.03. The van der Waals surface area contributed by atoms with E-state index in [1.807, 2.05) is 13.0 Å². The summed E-state index contributed by atoms with van der Waals surface area (Å²) in [5, 5.41) is 15.8. The second-order valence-corrected chi connectivity index (χ2v) is 3.83. The number of halogens is 1. The molecule has 2 N–H and O–H groups in total. The lowest BCUT2D eigenvalue weighted by molar-refractivity contribution is 0.0691. The van der Waals surface area contributed by atoms with E-state index in [4.69, 9.17) is 16.7 Å². The summed E-state index contributed by atoms with van der Waals surface area (Å²) in [6.07, 6.45) is 1.49. The molecule has 0 aliphatic rings. The summed E-state index contributed by atoms with van der Waals surface area (Å²) in [5.41, 5.74) is 2.33. The molecule has 0 aliphatic carbocycles. The molecule has 0 amide bonds. The molecule has 2 aromatic rings. The zero-order valence-electron chi connectivity index (χ0n) is 8.49. The Labute approximate surface area is 96.9 Å². The fourth-order valence-corrected chi connectivity index (χ4v) is 1.60. The molecule has 1 heterocycles. The summed E-state index contributed by atoms with van der Waals surface area (Å²) in [7, 11) is 0. The number of hydrogen-bond donors (Lipinski definition) is 2. The third-order valence-corrected chi connectivity index (χ3v) is 2.75. The quantitative estimate of drug-likeness (QED) is 0.843. The molecule has 4 nitrogen and oxygen atoms in total. The van der Waals surface area contributed by atoms with Gasteiger partial charge in [0.25, 0.3) is 0 Å². The molecule has 1 aromatic heterocycles. The zero-order chi connectivity index (χ0) is 11.7. The number of aromatic carboxylic acids is 1. The first-order chi connectivity index (χ1) is 7.59. The van der Waals surface area contributed by atoms with Gasteiger partial charge in [0, 0.05) is 10.6 Å². The number of carboxylic acid groups (broad SMARTS) is 1. The van der Waals surface area contributed by atoms with E-state index in [1.165, 1.54) is 6.20 Å². The summed E-state index contributed by atoms with van der Waals surface area (Å²) >= 11 is 5.90. The van der Waals surface area contributed by atoms with Crippen LogP contribution in [0.4, 0.5) is 0 Å².